The molecule has 59 valence electrons. The van der Waals surface area contributed by atoms with Crippen molar-refractivity contribution in [2.24, 2.45) is 0 Å². The Bertz CT molecular complexity index is 231. The van der Waals surface area contributed by atoms with Crippen molar-refractivity contribution in [3.05, 3.63) is 24.3 Å². The Morgan fingerprint density at radius 1 is 1.55 bits per heavy atom. The first-order chi connectivity index (χ1) is 5.18. The first-order valence-corrected chi connectivity index (χ1v) is 3.56. The first kappa shape index (κ1) is 7.92. The van der Waals surface area contributed by atoms with Gasteiger partial charge in [-0.3, -0.25) is 0 Å². The lowest BCUT2D eigenvalue weighted by Gasteiger charge is -2.08. The molecule has 0 heterocycles. The molecule has 0 saturated carbocycles. The predicted octanol–water partition coefficient (Wildman–Crippen LogP) is 1.98. The molecule has 0 fully saturated rings. The number of hydrogen-bond acceptors (Lipinski definition) is 2. The summed E-state index contributed by atoms with van der Waals surface area (Å²) in [6.45, 7) is 3.86. The van der Waals surface area contributed by atoms with Crippen LogP contribution in [0.3, 0.4) is 0 Å². The molecule has 0 unspecified atom stereocenters. The molecule has 1 rings (SSSR count). The van der Waals surface area contributed by atoms with Gasteiger partial charge in [-0.15, -0.1) is 0 Å². The molecule has 11 heavy (non-hydrogen) atoms. The van der Waals surface area contributed by atoms with E-state index in [2.05, 4.69) is 6.07 Å². The quantitative estimate of drug-likeness (QED) is 0.700. The largest absolute Gasteiger partial charge is 0.508 e. The molecule has 0 aliphatic heterocycles. The zero-order valence-electron chi connectivity index (χ0n) is 6.66. The van der Waals surface area contributed by atoms with Crippen molar-refractivity contribution in [3.63, 3.8) is 0 Å². The molecule has 1 N–H and O–H groups in total. The van der Waals surface area contributed by atoms with Gasteiger partial charge in [-0.1, -0.05) is 0 Å². The van der Waals surface area contributed by atoms with Gasteiger partial charge in [0.25, 0.3) is 0 Å². The maximum Gasteiger partial charge on any atom is 0.131 e. The van der Waals surface area contributed by atoms with E-state index in [1.54, 1.807) is 18.2 Å². The number of aromatic hydroxyl groups is 1. The highest BCUT2D eigenvalue weighted by Crippen LogP contribution is 2.17. The first-order valence-electron chi connectivity index (χ1n) is 3.56. The lowest BCUT2D eigenvalue weighted by Crippen LogP contribution is -2.05. The van der Waals surface area contributed by atoms with E-state index in [1.165, 1.54) is 0 Å². The van der Waals surface area contributed by atoms with Crippen molar-refractivity contribution in [1.29, 1.82) is 0 Å². The highest BCUT2D eigenvalue weighted by atomic mass is 16.5. The van der Waals surface area contributed by atoms with Gasteiger partial charge >= 0.3 is 0 Å². The van der Waals surface area contributed by atoms with Crippen molar-refractivity contribution < 1.29 is 9.84 Å². The van der Waals surface area contributed by atoms with Gasteiger partial charge in [-0.2, -0.15) is 0 Å². The second kappa shape index (κ2) is 3.28. The maximum atomic E-state index is 9.03. The maximum absolute atomic E-state index is 9.03. The fourth-order valence-electron chi connectivity index (χ4n) is 0.755. The molecule has 1 aromatic rings. The summed E-state index contributed by atoms with van der Waals surface area (Å²) < 4.78 is 5.28. The molecule has 0 bridgehead atoms. The van der Waals surface area contributed by atoms with Crippen LogP contribution in [0.2, 0.25) is 0 Å². The molecule has 0 aliphatic carbocycles. The minimum Gasteiger partial charge on any atom is -0.508 e. The van der Waals surface area contributed by atoms with Crippen molar-refractivity contribution in [2.75, 3.05) is 0 Å². The fraction of sp³-hybridized carbons (Fsp3) is 0.333. The minimum absolute atomic E-state index is 0.119. The molecular formula is C9H11O2. The number of ether oxygens (including phenoxy) is 1. The Kier molecular flexibility index (Phi) is 2.36. The van der Waals surface area contributed by atoms with Gasteiger partial charge in [0.2, 0.25) is 0 Å². The molecule has 0 amide bonds. The second-order valence-corrected chi connectivity index (χ2v) is 2.58. The van der Waals surface area contributed by atoms with Crippen molar-refractivity contribution in [1.82, 2.24) is 0 Å². The molecule has 0 saturated heterocycles. The molecule has 2 heteroatoms. The highest BCUT2D eigenvalue weighted by molar-refractivity contribution is 5.30. The van der Waals surface area contributed by atoms with E-state index in [0.29, 0.717) is 5.75 Å². The lowest BCUT2D eigenvalue weighted by molar-refractivity contribution is 0.241. The summed E-state index contributed by atoms with van der Waals surface area (Å²) in [5.74, 6) is 0.791. The van der Waals surface area contributed by atoms with Gasteiger partial charge in [0.05, 0.1) is 6.10 Å². The van der Waals surface area contributed by atoms with Crippen LogP contribution in [-0.2, 0) is 0 Å². The summed E-state index contributed by atoms with van der Waals surface area (Å²) >= 11 is 0. The predicted molar refractivity (Wildman–Crippen MR) is 42.7 cm³/mol. The van der Waals surface area contributed by atoms with Gasteiger partial charge in [0, 0.05) is 12.1 Å². The van der Waals surface area contributed by atoms with Crippen LogP contribution in [0.1, 0.15) is 13.8 Å². The van der Waals surface area contributed by atoms with E-state index in [1.807, 2.05) is 13.8 Å². The molecular weight excluding hydrogens is 140 g/mol. The Hall–Kier alpha value is -1.18. The topological polar surface area (TPSA) is 29.5 Å². The number of rotatable bonds is 2. The average molecular weight is 151 g/mol. The molecule has 1 aromatic carbocycles. The van der Waals surface area contributed by atoms with E-state index >= 15 is 0 Å². The summed E-state index contributed by atoms with van der Waals surface area (Å²) in [6.07, 6.45) is 0.119. The van der Waals surface area contributed by atoms with Crippen molar-refractivity contribution in [2.45, 2.75) is 20.0 Å². The third kappa shape index (κ3) is 2.50. The SMILES string of the molecule is CC(C)Oc1[c]ccc(O)c1. The summed E-state index contributed by atoms with van der Waals surface area (Å²) in [7, 11) is 0. The molecule has 2 nitrogen and oxygen atoms in total. The Morgan fingerprint density at radius 3 is 2.82 bits per heavy atom. The second-order valence-electron chi connectivity index (χ2n) is 2.58. The van der Waals surface area contributed by atoms with Crippen LogP contribution in [-0.4, -0.2) is 11.2 Å². The summed E-state index contributed by atoms with van der Waals surface area (Å²) in [5, 5.41) is 9.03. The third-order valence-electron chi connectivity index (χ3n) is 1.12. The highest BCUT2D eigenvalue weighted by Gasteiger charge is 1.97. The summed E-state index contributed by atoms with van der Waals surface area (Å²) in [5.41, 5.74) is 0. The van der Waals surface area contributed by atoms with E-state index in [-0.39, 0.29) is 11.9 Å². The van der Waals surface area contributed by atoms with Crippen LogP contribution in [0.4, 0.5) is 0 Å². The summed E-state index contributed by atoms with van der Waals surface area (Å²) in [6, 6.07) is 7.59. The van der Waals surface area contributed by atoms with Gasteiger partial charge < -0.3 is 9.84 Å². The van der Waals surface area contributed by atoms with Gasteiger partial charge in [-0.05, 0) is 26.0 Å². The third-order valence-corrected chi connectivity index (χ3v) is 1.12. The molecule has 1 radical (unpaired) electrons. The Labute approximate surface area is 66.4 Å². The number of phenolic OH excluding ortho intramolecular Hbond substituents is 1. The van der Waals surface area contributed by atoms with E-state index in [0.717, 1.165) is 0 Å². The Morgan fingerprint density at radius 2 is 2.27 bits per heavy atom. The normalized spacial score (nSPS) is 10.1. The van der Waals surface area contributed by atoms with Crippen LogP contribution in [0.5, 0.6) is 11.5 Å². The van der Waals surface area contributed by atoms with Crippen LogP contribution >= 0.6 is 0 Å². The monoisotopic (exact) mass is 151 g/mol. The van der Waals surface area contributed by atoms with Crippen LogP contribution < -0.4 is 4.74 Å². The molecule has 0 aliphatic rings. The lowest BCUT2D eigenvalue weighted by atomic mass is 10.3. The zero-order valence-corrected chi connectivity index (χ0v) is 6.66. The van der Waals surface area contributed by atoms with Crippen LogP contribution in [0.15, 0.2) is 18.2 Å². The van der Waals surface area contributed by atoms with Crippen molar-refractivity contribution >= 4 is 0 Å². The standard InChI is InChI=1S/C9H11O2/c1-7(2)11-9-5-3-4-8(10)6-9/h3-4,6-7,10H,1-2H3. The Balaban J connectivity index is 2.71. The fourth-order valence-corrected chi connectivity index (χ4v) is 0.755. The van der Waals surface area contributed by atoms with Crippen molar-refractivity contribution in [3.8, 4) is 11.5 Å². The number of benzene rings is 1. The number of phenols is 1. The minimum atomic E-state index is 0.119. The molecule has 0 spiro atoms. The average Bonchev–Trinajstić information content (AvgIpc) is 1.85. The van der Waals surface area contributed by atoms with Crippen LogP contribution in [0.25, 0.3) is 0 Å². The number of hydrogen-bond donors (Lipinski definition) is 1. The van der Waals surface area contributed by atoms with Gasteiger partial charge in [0.1, 0.15) is 11.5 Å². The van der Waals surface area contributed by atoms with Gasteiger partial charge in [-0.25, -0.2) is 0 Å². The van der Waals surface area contributed by atoms with Crippen LogP contribution in [0, 0.1) is 6.07 Å². The van der Waals surface area contributed by atoms with E-state index in [4.69, 9.17) is 9.84 Å². The molecule has 0 aromatic heterocycles. The summed E-state index contributed by atoms with van der Waals surface area (Å²) in [4.78, 5) is 0. The zero-order chi connectivity index (χ0) is 8.27. The smallest absolute Gasteiger partial charge is 0.131 e. The van der Waals surface area contributed by atoms with Gasteiger partial charge in [0.15, 0.2) is 0 Å². The van der Waals surface area contributed by atoms with E-state index in [9.17, 15) is 0 Å². The van der Waals surface area contributed by atoms with E-state index < -0.39 is 0 Å². The molecule has 0 atom stereocenters.